The van der Waals surface area contributed by atoms with E-state index in [1.165, 1.54) is 23.1 Å². The van der Waals surface area contributed by atoms with Crippen LogP contribution in [0.2, 0.25) is 0 Å². The highest BCUT2D eigenvalue weighted by Gasteiger charge is 2.45. The molecule has 12 heteroatoms. The van der Waals surface area contributed by atoms with Crippen LogP contribution in [-0.4, -0.2) is 39.7 Å². The first-order valence-electron chi connectivity index (χ1n) is 12.5. The van der Waals surface area contributed by atoms with Crippen LogP contribution >= 0.6 is 23.1 Å². The van der Waals surface area contributed by atoms with Crippen LogP contribution < -0.4 is 20.7 Å². The minimum Gasteiger partial charge on any atom is -0.497 e. The van der Waals surface area contributed by atoms with Gasteiger partial charge in [0, 0.05) is 35.8 Å². The summed E-state index contributed by atoms with van der Waals surface area (Å²) in [4.78, 5) is 32.0. The van der Waals surface area contributed by atoms with Crippen LogP contribution in [0.4, 0.5) is 10.8 Å². The summed E-state index contributed by atoms with van der Waals surface area (Å²) >= 11 is 2.50. The maximum absolute atomic E-state index is 13.6. The maximum atomic E-state index is 13.6. The van der Waals surface area contributed by atoms with Crippen molar-refractivity contribution in [1.29, 1.82) is 5.26 Å². The highest BCUT2D eigenvalue weighted by Crippen LogP contribution is 2.50. The first-order valence-corrected chi connectivity index (χ1v) is 14.3. The predicted molar refractivity (Wildman–Crippen MR) is 154 cm³/mol. The van der Waals surface area contributed by atoms with Crippen molar-refractivity contribution in [2.75, 3.05) is 23.1 Å². The van der Waals surface area contributed by atoms with Crippen molar-refractivity contribution < 1.29 is 14.3 Å². The van der Waals surface area contributed by atoms with Crippen molar-refractivity contribution in [3.05, 3.63) is 77.0 Å². The quantitative estimate of drug-likeness (QED) is 0.384. The Hall–Kier alpha value is -4.21. The van der Waals surface area contributed by atoms with E-state index in [-0.39, 0.29) is 34.3 Å². The topological polar surface area (TPSA) is 147 Å². The van der Waals surface area contributed by atoms with Gasteiger partial charge in [0.25, 0.3) is 0 Å². The summed E-state index contributed by atoms with van der Waals surface area (Å²) < 4.78 is 5.70. The number of benzene rings is 1. The minimum atomic E-state index is -0.600. The summed E-state index contributed by atoms with van der Waals surface area (Å²) in [5, 5.41) is 22.1. The van der Waals surface area contributed by atoms with Gasteiger partial charge in [0.05, 0.1) is 30.4 Å². The Balaban J connectivity index is 1.42. The molecule has 1 aliphatic carbocycles. The molecule has 1 atom stereocenters. The molecule has 1 aromatic carbocycles. The van der Waals surface area contributed by atoms with Gasteiger partial charge in [0.2, 0.25) is 11.0 Å². The Morgan fingerprint density at radius 3 is 2.73 bits per heavy atom. The number of ether oxygens (including phenoxy) is 1. The number of amides is 1. The average molecular weight is 574 g/mol. The van der Waals surface area contributed by atoms with Gasteiger partial charge in [0.15, 0.2) is 10.1 Å². The molecule has 5 rings (SSSR count). The lowest BCUT2D eigenvalue weighted by Gasteiger charge is -2.42. The number of ketones is 1. The van der Waals surface area contributed by atoms with Crippen molar-refractivity contribution >= 4 is 45.6 Å². The number of Topliss-reactive ketones (excluding diaryl/α,β-unsaturated/α-hetero) is 1. The van der Waals surface area contributed by atoms with Gasteiger partial charge in [0.1, 0.15) is 11.6 Å². The Bertz CT molecular complexity index is 1560. The summed E-state index contributed by atoms with van der Waals surface area (Å²) in [7, 11) is 1.58. The predicted octanol–water partition coefficient (Wildman–Crippen LogP) is 4.61. The first kappa shape index (κ1) is 27.4. The van der Waals surface area contributed by atoms with E-state index in [0.717, 1.165) is 11.3 Å². The summed E-state index contributed by atoms with van der Waals surface area (Å²) in [6.45, 7) is 4.07. The number of carbonyl (C=O) groups excluding carboxylic acids is 2. The van der Waals surface area contributed by atoms with E-state index in [4.69, 9.17) is 10.5 Å². The van der Waals surface area contributed by atoms with Gasteiger partial charge in [-0.1, -0.05) is 43.0 Å². The van der Waals surface area contributed by atoms with E-state index >= 15 is 0 Å². The van der Waals surface area contributed by atoms with Gasteiger partial charge < -0.3 is 15.8 Å². The standard InChI is InChI=1S/C28H27N7O3S2/c1-28(2)11-20-24(21(36)12-28)23(16-5-4-10-31-14-16)19(13-29)25(30)35(20)26-33-34-27(40-26)39-15-22(37)32-17-6-8-18(38-3)9-7-17/h4-10,14,23H,11-12,15,30H2,1-3H3,(H,32,37). The highest BCUT2D eigenvalue weighted by molar-refractivity contribution is 8.01. The largest absolute Gasteiger partial charge is 0.497 e. The molecular weight excluding hydrogens is 546 g/mol. The molecule has 3 heterocycles. The van der Waals surface area contributed by atoms with Gasteiger partial charge >= 0.3 is 0 Å². The number of aromatic nitrogens is 3. The molecule has 10 nitrogen and oxygen atoms in total. The summed E-state index contributed by atoms with van der Waals surface area (Å²) in [6.07, 6.45) is 4.24. The number of thioether (sulfide) groups is 1. The molecule has 0 bridgehead atoms. The van der Waals surface area contributed by atoms with Crippen molar-refractivity contribution in [2.45, 2.75) is 36.9 Å². The van der Waals surface area contributed by atoms with E-state index in [1.54, 1.807) is 54.7 Å². The van der Waals surface area contributed by atoms with Gasteiger partial charge in [-0.15, -0.1) is 10.2 Å². The molecule has 0 spiro atoms. The zero-order valence-corrected chi connectivity index (χ0v) is 23.8. The number of pyridine rings is 1. The molecular formula is C28H27N7O3S2. The molecule has 0 radical (unpaired) electrons. The van der Waals surface area contributed by atoms with Crippen LogP contribution in [-0.2, 0) is 9.59 Å². The van der Waals surface area contributed by atoms with Crippen molar-refractivity contribution in [3.8, 4) is 11.8 Å². The second-order valence-corrected chi connectivity index (χ2v) is 12.4. The van der Waals surface area contributed by atoms with Crippen LogP contribution in [0.25, 0.3) is 0 Å². The number of allylic oxidation sites excluding steroid dienone is 3. The van der Waals surface area contributed by atoms with Crippen LogP contribution in [0.3, 0.4) is 0 Å². The van der Waals surface area contributed by atoms with Crippen LogP contribution in [0.15, 0.2) is 75.8 Å². The molecule has 2 aromatic heterocycles. The Kier molecular flexibility index (Phi) is 7.60. The number of nitrogens with zero attached hydrogens (tertiary/aromatic N) is 5. The molecule has 0 saturated heterocycles. The second-order valence-electron chi connectivity index (χ2n) is 10.2. The third-order valence-electron chi connectivity index (χ3n) is 6.69. The molecule has 2 aliphatic rings. The van der Waals surface area contributed by atoms with Gasteiger partial charge in [-0.3, -0.25) is 19.5 Å². The third kappa shape index (κ3) is 5.43. The SMILES string of the molecule is COc1ccc(NC(=O)CSc2nnc(N3C(N)=C(C#N)C(c4cccnc4)C4=C3CC(C)(C)CC4=O)s2)cc1. The lowest BCUT2D eigenvalue weighted by molar-refractivity contribution is -0.118. The molecule has 0 saturated carbocycles. The van der Waals surface area contributed by atoms with Crippen molar-refractivity contribution in [1.82, 2.24) is 15.2 Å². The van der Waals surface area contributed by atoms with Crippen molar-refractivity contribution in [3.63, 3.8) is 0 Å². The fourth-order valence-electron chi connectivity index (χ4n) is 4.96. The van der Waals surface area contributed by atoms with E-state index in [2.05, 4.69) is 26.6 Å². The zero-order valence-electron chi connectivity index (χ0n) is 22.2. The number of rotatable bonds is 7. The second kappa shape index (κ2) is 11.1. The first-order chi connectivity index (χ1) is 19.2. The van der Waals surface area contributed by atoms with E-state index < -0.39 is 5.92 Å². The molecule has 3 aromatic rings. The zero-order chi connectivity index (χ0) is 28.4. The molecule has 1 aliphatic heterocycles. The lowest BCUT2D eigenvalue weighted by Crippen LogP contribution is -2.42. The normalized spacial score (nSPS) is 18.3. The fourth-order valence-corrected chi connectivity index (χ4v) is 6.64. The molecule has 3 N–H and O–H groups in total. The average Bonchev–Trinajstić information content (AvgIpc) is 3.40. The molecule has 0 fully saturated rings. The number of methoxy groups -OCH3 is 1. The highest BCUT2D eigenvalue weighted by atomic mass is 32.2. The van der Waals surface area contributed by atoms with Crippen LogP contribution in [0, 0.1) is 16.7 Å². The van der Waals surface area contributed by atoms with Gasteiger partial charge in [-0.05, 0) is 47.7 Å². The molecule has 204 valence electrons. The number of hydrogen-bond donors (Lipinski definition) is 2. The number of carbonyl (C=O) groups is 2. The van der Waals surface area contributed by atoms with Gasteiger partial charge in [-0.25, -0.2) is 0 Å². The summed E-state index contributed by atoms with van der Waals surface area (Å²) in [5.74, 6) is 0.215. The smallest absolute Gasteiger partial charge is 0.234 e. The number of hydrogen-bond acceptors (Lipinski definition) is 11. The van der Waals surface area contributed by atoms with Gasteiger partial charge in [-0.2, -0.15) is 5.26 Å². The number of nitrogens with two attached hydrogens (primary N) is 1. The number of anilines is 2. The summed E-state index contributed by atoms with van der Waals surface area (Å²) in [6, 6.07) is 12.9. The molecule has 40 heavy (non-hydrogen) atoms. The monoisotopic (exact) mass is 573 g/mol. The number of nitrogens with one attached hydrogen (secondary N) is 1. The molecule has 1 unspecified atom stereocenters. The lowest BCUT2D eigenvalue weighted by atomic mass is 9.69. The number of nitriles is 1. The maximum Gasteiger partial charge on any atom is 0.234 e. The van der Waals surface area contributed by atoms with E-state index in [1.807, 2.05) is 19.9 Å². The Labute approximate surface area is 239 Å². The Morgan fingerprint density at radius 1 is 1.27 bits per heavy atom. The molecule has 1 amide bonds. The van der Waals surface area contributed by atoms with Crippen LogP contribution in [0.5, 0.6) is 5.75 Å². The third-order valence-corrected chi connectivity index (χ3v) is 8.73. The fraction of sp³-hybridized carbons (Fsp3) is 0.286. The van der Waals surface area contributed by atoms with E-state index in [0.29, 0.717) is 39.3 Å². The van der Waals surface area contributed by atoms with E-state index in [9.17, 15) is 14.9 Å². The minimum absolute atomic E-state index is 0.0281. The summed E-state index contributed by atoms with van der Waals surface area (Å²) in [5.41, 5.74) is 9.27. The van der Waals surface area contributed by atoms with Crippen LogP contribution in [0.1, 0.15) is 38.2 Å². The Morgan fingerprint density at radius 2 is 2.05 bits per heavy atom. The van der Waals surface area contributed by atoms with Crippen molar-refractivity contribution in [2.24, 2.45) is 11.1 Å².